The summed E-state index contributed by atoms with van der Waals surface area (Å²) in [7, 11) is -1.76. The number of rotatable bonds is 10. The minimum atomic E-state index is -1.76. The van der Waals surface area contributed by atoms with E-state index in [0.29, 0.717) is 28.8 Å². The molecule has 2 rings (SSSR count). The van der Waals surface area contributed by atoms with Crippen LogP contribution in [-0.2, 0) is 15.6 Å². The van der Waals surface area contributed by atoms with E-state index in [-0.39, 0.29) is 0 Å². The van der Waals surface area contributed by atoms with Crippen molar-refractivity contribution >= 4 is 30.9 Å². The highest BCUT2D eigenvalue weighted by atomic mass is 127. The van der Waals surface area contributed by atoms with Crippen LogP contribution in [0.5, 0.6) is 0 Å². The molecule has 1 aromatic rings. The lowest BCUT2D eigenvalue weighted by Crippen LogP contribution is -2.48. The van der Waals surface area contributed by atoms with Crippen molar-refractivity contribution < 1.29 is 9.16 Å². The molecule has 0 amide bonds. The van der Waals surface area contributed by atoms with Crippen molar-refractivity contribution in [3.8, 4) is 0 Å². The molecule has 0 unspecified atom stereocenters. The number of hydrogen-bond acceptors (Lipinski definition) is 2. The number of aryl methyl sites for hydroxylation is 1. The van der Waals surface area contributed by atoms with E-state index in [0.717, 1.165) is 29.8 Å². The van der Waals surface area contributed by atoms with Gasteiger partial charge < -0.3 is 9.16 Å². The van der Waals surface area contributed by atoms with Gasteiger partial charge in [0, 0.05) is 10.5 Å². The summed E-state index contributed by atoms with van der Waals surface area (Å²) in [6.45, 7) is 15.1. The molecule has 3 atom stereocenters. The number of alkyl halides is 1. The first-order valence-electron chi connectivity index (χ1n) is 11.2. The SMILES string of the molecule is CC(C)[Si](OCC[C@@H]1C[C@@H](I)C[C@H](CCc2ccccc2)O1)(C(C)C)C(C)C. The molecule has 1 heterocycles. The zero-order valence-electron chi connectivity index (χ0n) is 18.8. The van der Waals surface area contributed by atoms with E-state index in [1.807, 2.05) is 0 Å². The Morgan fingerprint density at radius 2 is 1.46 bits per heavy atom. The van der Waals surface area contributed by atoms with Crippen LogP contribution in [0.25, 0.3) is 0 Å². The van der Waals surface area contributed by atoms with Crippen molar-refractivity contribution in [1.29, 1.82) is 0 Å². The van der Waals surface area contributed by atoms with Gasteiger partial charge in [-0.1, -0.05) is 94.5 Å². The molecule has 1 aliphatic rings. The summed E-state index contributed by atoms with van der Waals surface area (Å²) in [6.07, 6.45) is 6.39. The third-order valence-corrected chi connectivity index (χ3v) is 13.7. The summed E-state index contributed by atoms with van der Waals surface area (Å²) in [5.74, 6) is 0. The Morgan fingerprint density at radius 3 is 2.00 bits per heavy atom. The van der Waals surface area contributed by atoms with Gasteiger partial charge in [-0.05, 0) is 54.3 Å². The molecule has 160 valence electrons. The number of hydrogen-bond donors (Lipinski definition) is 0. The Balaban J connectivity index is 1.87. The van der Waals surface area contributed by atoms with Crippen molar-refractivity contribution in [3.63, 3.8) is 0 Å². The van der Waals surface area contributed by atoms with Crippen molar-refractivity contribution in [2.24, 2.45) is 0 Å². The first kappa shape index (κ1) is 24.4. The van der Waals surface area contributed by atoms with Gasteiger partial charge in [-0.25, -0.2) is 0 Å². The molecule has 1 aromatic carbocycles. The number of ether oxygens (including phenoxy) is 1. The van der Waals surface area contributed by atoms with Gasteiger partial charge in [-0.3, -0.25) is 0 Å². The second-order valence-corrected chi connectivity index (χ2v) is 16.6. The zero-order chi connectivity index (χ0) is 20.7. The standard InChI is InChI=1S/C24H41IO2Si/c1-18(2)28(19(3)4,20(5)6)26-15-14-24-17-22(25)16-23(27-24)13-12-21-10-8-7-9-11-21/h7-11,18-20,22-24H,12-17H2,1-6H3/t22-,23-,24+/m0/s1. The highest BCUT2D eigenvalue weighted by Crippen LogP contribution is 2.42. The second kappa shape index (κ2) is 11.5. The first-order chi connectivity index (χ1) is 13.3. The Morgan fingerprint density at radius 1 is 0.929 bits per heavy atom. The fourth-order valence-corrected chi connectivity index (χ4v) is 11.9. The predicted octanol–water partition coefficient (Wildman–Crippen LogP) is 7.55. The Kier molecular flexibility index (Phi) is 9.98. The molecule has 0 aromatic heterocycles. The molecule has 1 saturated heterocycles. The van der Waals surface area contributed by atoms with E-state index in [2.05, 4.69) is 94.5 Å². The van der Waals surface area contributed by atoms with E-state index >= 15 is 0 Å². The number of benzene rings is 1. The molecule has 2 nitrogen and oxygen atoms in total. The molecule has 0 N–H and O–H groups in total. The first-order valence-corrected chi connectivity index (χ1v) is 14.6. The average molecular weight is 517 g/mol. The topological polar surface area (TPSA) is 18.5 Å². The second-order valence-electron chi connectivity index (χ2n) is 9.43. The van der Waals surface area contributed by atoms with E-state index in [1.165, 1.54) is 18.4 Å². The van der Waals surface area contributed by atoms with Gasteiger partial charge in [-0.2, -0.15) is 0 Å². The van der Waals surface area contributed by atoms with Crippen molar-refractivity contribution in [1.82, 2.24) is 0 Å². The average Bonchev–Trinajstić information content (AvgIpc) is 2.63. The van der Waals surface area contributed by atoms with Crippen LogP contribution >= 0.6 is 22.6 Å². The van der Waals surface area contributed by atoms with Crippen LogP contribution in [0.3, 0.4) is 0 Å². The Labute approximate surface area is 188 Å². The van der Waals surface area contributed by atoms with Gasteiger partial charge in [-0.15, -0.1) is 0 Å². The van der Waals surface area contributed by atoms with Gasteiger partial charge in [0.15, 0.2) is 8.32 Å². The largest absolute Gasteiger partial charge is 0.416 e. The molecular formula is C24H41IO2Si. The van der Waals surface area contributed by atoms with Crippen LogP contribution in [0.1, 0.15) is 72.8 Å². The molecule has 28 heavy (non-hydrogen) atoms. The van der Waals surface area contributed by atoms with Crippen LogP contribution in [0, 0.1) is 0 Å². The van der Waals surface area contributed by atoms with Gasteiger partial charge in [0.05, 0.1) is 12.2 Å². The molecule has 0 aliphatic carbocycles. The minimum absolute atomic E-state index is 0.356. The van der Waals surface area contributed by atoms with Gasteiger partial charge in [0.25, 0.3) is 0 Å². The van der Waals surface area contributed by atoms with E-state index < -0.39 is 8.32 Å². The summed E-state index contributed by atoms with van der Waals surface area (Å²) in [6, 6.07) is 10.8. The van der Waals surface area contributed by atoms with E-state index in [9.17, 15) is 0 Å². The maximum atomic E-state index is 6.77. The third-order valence-electron chi connectivity index (χ3n) is 6.52. The van der Waals surface area contributed by atoms with Crippen molar-refractivity contribution in [2.75, 3.05) is 6.61 Å². The highest BCUT2D eigenvalue weighted by Gasteiger charge is 2.45. The van der Waals surface area contributed by atoms with Crippen LogP contribution in [0.2, 0.25) is 16.6 Å². The molecule has 0 spiro atoms. The molecule has 0 saturated carbocycles. The smallest absolute Gasteiger partial charge is 0.200 e. The molecule has 1 aliphatic heterocycles. The quantitative estimate of drug-likeness (QED) is 0.182. The number of halogens is 1. The molecule has 1 fully saturated rings. The molecule has 0 bridgehead atoms. The summed E-state index contributed by atoms with van der Waals surface area (Å²) < 4.78 is 14.0. The highest BCUT2D eigenvalue weighted by molar-refractivity contribution is 14.1. The fourth-order valence-electron chi connectivity index (χ4n) is 5.26. The van der Waals surface area contributed by atoms with Crippen molar-refractivity contribution in [2.45, 2.75) is 106 Å². The fraction of sp³-hybridized carbons (Fsp3) is 0.750. The van der Waals surface area contributed by atoms with Crippen LogP contribution < -0.4 is 0 Å². The maximum absolute atomic E-state index is 6.77. The Bertz CT molecular complexity index is 539. The van der Waals surface area contributed by atoms with Gasteiger partial charge in [0.2, 0.25) is 0 Å². The molecular weight excluding hydrogens is 475 g/mol. The minimum Gasteiger partial charge on any atom is -0.416 e. The van der Waals surface area contributed by atoms with Crippen molar-refractivity contribution in [3.05, 3.63) is 35.9 Å². The maximum Gasteiger partial charge on any atom is 0.200 e. The van der Waals surface area contributed by atoms with Crippen LogP contribution in [0.4, 0.5) is 0 Å². The molecule has 0 radical (unpaired) electrons. The summed E-state index contributed by atoms with van der Waals surface area (Å²) >= 11 is 2.63. The lowest BCUT2D eigenvalue weighted by atomic mass is 9.97. The molecule has 4 heteroatoms. The van der Waals surface area contributed by atoms with E-state index in [4.69, 9.17) is 9.16 Å². The summed E-state index contributed by atoms with van der Waals surface area (Å²) in [5.41, 5.74) is 3.37. The normalized spacial score (nSPS) is 23.7. The Hall–Kier alpha value is 0.0869. The lowest BCUT2D eigenvalue weighted by Gasteiger charge is -2.42. The monoisotopic (exact) mass is 516 g/mol. The van der Waals surface area contributed by atoms with Crippen LogP contribution in [-0.4, -0.2) is 31.1 Å². The van der Waals surface area contributed by atoms with Gasteiger partial charge >= 0.3 is 0 Å². The third kappa shape index (κ3) is 6.54. The summed E-state index contributed by atoms with van der Waals surface area (Å²) in [4.78, 5) is 0. The summed E-state index contributed by atoms with van der Waals surface area (Å²) in [5, 5.41) is 0. The van der Waals surface area contributed by atoms with Gasteiger partial charge in [0.1, 0.15) is 0 Å². The lowest BCUT2D eigenvalue weighted by molar-refractivity contribution is -0.0563. The predicted molar refractivity (Wildman–Crippen MR) is 132 cm³/mol. The zero-order valence-corrected chi connectivity index (χ0v) is 21.9. The van der Waals surface area contributed by atoms with E-state index in [1.54, 1.807) is 0 Å². The van der Waals surface area contributed by atoms with Crippen LogP contribution in [0.15, 0.2) is 30.3 Å².